The third-order valence-corrected chi connectivity index (χ3v) is 3.22. The van der Waals surface area contributed by atoms with Gasteiger partial charge in [-0.15, -0.1) is 0 Å². The first kappa shape index (κ1) is 10.5. The van der Waals surface area contributed by atoms with Crippen LogP contribution in [0.15, 0.2) is 24.3 Å². The summed E-state index contributed by atoms with van der Waals surface area (Å²) in [4.78, 5) is 0. The van der Waals surface area contributed by atoms with Crippen LogP contribution >= 0.6 is 0 Å². The molecule has 0 saturated heterocycles. The summed E-state index contributed by atoms with van der Waals surface area (Å²) < 4.78 is 0. The molecule has 15 heavy (non-hydrogen) atoms. The van der Waals surface area contributed by atoms with E-state index in [0.29, 0.717) is 12.1 Å². The molecule has 0 amide bonds. The fraction of sp³-hybridized carbons (Fsp3) is 0.538. The Labute approximate surface area is 91.9 Å². The van der Waals surface area contributed by atoms with Crippen LogP contribution in [0.2, 0.25) is 0 Å². The number of anilines is 1. The summed E-state index contributed by atoms with van der Waals surface area (Å²) in [5.74, 6) is 0. The Morgan fingerprint density at radius 2 is 1.80 bits per heavy atom. The van der Waals surface area contributed by atoms with E-state index in [-0.39, 0.29) is 0 Å². The Balaban J connectivity index is 1.98. The van der Waals surface area contributed by atoms with Crippen LogP contribution in [-0.2, 0) is 0 Å². The van der Waals surface area contributed by atoms with Crippen LogP contribution in [0.5, 0.6) is 0 Å². The molecule has 3 N–H and O–H groups in total. The monoisotopic (exact) mass is 204 g/mol. The Morgan fingerprint density at radius 1 is 1.13 bits per heavy atom. The first-order valence-electron chi connectivity index (χ1n) is 5.84. The lowest BCUT2D eigenvalue weighted by atomic mass is 9.91. The average Bonchev–Trinajstić information content (AvgIpc) is 2.25. The molecule has 1 aliphatic carbocycles. The molecule has 0 heterocycles. The summed E-state index contributed by atoms with van der Waals surface area (Å²) in [5.41, 5.74) is 8.59. The van der Waals surface area contributed by atoms with Crippen molar-refractivity contribution in [2.24, 2.45) is 5.73 Å². The van der Waals surface area contributed by atoms with Crippen LogP contribution in [0, 0.1) is 6.92 Å². The molecule has 0 spiro atoms. The van der Waals surface area contributed by atoms with Gasteiger partial charge < -0.3 is 11.1 Å². The van der Waals surface area contributed by atoms with Crippen molar-refractivity contribution >= 4 is 5.69 Å². The van der Waals surface area contributed by atoms with Gasteiger partial charge >= 0.3 is 0 Å². The first-order valence-corrected chi connectivity index (χ1v) is 5.84. The summed E-state index contributed by atoms with van der Waals surface area (Å²) in [6, 6.07) is 9.32. The van der Waals surface area contributed by atoms with E-state index in [1.807, 2.05) is 0 Å². The number of nitrogens with two attached hydrogens (primary N) is 1. The molecule has 2 heteroatoms. The molecule has 2 atom stereocenters. The third-order valence-electron chi connectivity index (χ3n) is 3.22. The third kappa shape index (κ3) is 2.72. The van der Waals surface area contributed by atoms with Gasteiger partial charge in [0, 0.05) is 17.8 Å². The fourth-order valence-electron chi connectivity index (χ4n) is 2.20. The number of hydrogen-bond acceptors (Lipinski definition) is 2. The molecule has 0 radical (unpaired) electrons. The lowest BCUT2D eigenvalue weighted by molar-refractivity contribution is 0.404. The van der Waals surface area contributed by atoms with Gasteiger partial charge in [-0.05, 0) is 31.9 Å². The summed E-state index contributed by atoms with van der Waals surface area (Å²) in [7, 11) is 0. The van der Waals surface area contributed by atoms with Gasteiger partial charge in [-0.3, -0.25) is 0 Å². The highest BCUT2D eigenvalue weighted by Gasteiger charge is 2.21. The van der Waals surface area contributed by atoms with E-state index in [2.05, 4.69) is 36.5 Å². The molecule has 2 unspecified atom stereocenters. The zero-order valence-electron chi connectivity index (χ0n) is 9.37. The van der Waals surface area contributed by atoms with Gasteiger partial charge in [0.1, 0.15) is 0 Å². The lowest BCUT2D eigenvalue weighted by Gasteiger charge is -2.30. The smallest absolute Gasteiger partial charge is 0.0412 e. The minimum absolute atomic E-state index is 0.319. The summed E-state index contributed by atoms with van der Waals surface area (Å²) in [6.45, 7) is 2.11. The molecule has 1 saturated carbocycles. The SMILES string of the molecule is Cc1ccc(NC2CCCCC2N)cc1. The maximum absolute atomic E-state index is 6.09. The summed E-state index contributed by atoms with van der Waals surface area (Å²) in [5, 5.41) is 3.53. The van der Waals surface area contributed by atoms with Crippen LogP contribution in [0.25, 0.3) is 0 Å². The normalized spacial score (nSPS) is 26.3. The van der Waals surface area contributed by atoms with Crippen molar-refractivity contribution < 1.29 is 0 Å². The molecule has 1 aromatic carbocycles. The van der Waals surface area contributed by atoms with E-state index in [0.717, 1.165) is 6.42 Å². The quantitative estimate of drug-likeness (QED) is 0.777. The van der Waals surface area contributed by atoms with E-state index in [1.54, 1.807) is 0 Å². The molecular formula is C13H20N2. The lowest BCUT2D eigenvalue weighted by Crippen LogP contribution is -2.42. The number of rotatable bonds is 2. The molecule has 0 bridgehead atoms. The van der Waals surface area contributed by atoms with Gasteiger partial charge in [0.25, 0.3) is 0 Å². The van der Waals surface area contributed by atoms with Crippen LogP contribution in [0.1, 0.15) is 31.2 Å². The highest BCUT2D eigenvalue weighted by molar-refractivity contribution is 5.45. The second-order valence-corrected chi connectivity index (χ2v) is 4.57. The molecule has 0 aliphatic heterocycles. The number of hydrogen-bond donors (Lipinski definition) is 2. The molecular weight excluding hydrogens is 184 g/mol. The predicted octanol–water partition coefficient (Wildman–Crippen LogP) is 2.68. The van der Waals surface area contributed by atoms with Gasteiger partial charge in [0.05, 0.1) is 0 Å². The van der Waals surface area contributed by atoms with Crippen LogP contribution < -0.4 is 11.1 Å². The largest absolute Gasteiger partial charge is 0.381 e. The van der Waals surface area contributed by atoms with E-state index >= 15 is 0 Å². The minimum atomic E-state index is 0.319. The predicted molar refractivity (Wildman–Crippen MR) is 65.0 cm³/mol. The molecule has 0 aromatic heterocycles. The van der Waals surface area contributed by atoms with E-state index < -0.39 is 0 Å². The fourth-order valence-corrected chi connectivity index (χ4v) is 2.20. The number of aryl methyl sites for hydroxylation is 1. The van der Waals surface area contributed by atoms with E-state index in [1.165, 1.54) is 30.5 Å². The number of benzene rings is 1. The van der Waals surface area contributed by atoms with Crippen LogP contribution in [-0.4, -0.2) is 12.1 Å². The standard InChI is InChI=1S/C13H20N2/c1-10-6-8-11(9-7-10)15-13-5-3-2-4-12(13)14/h6-9,12-13,15H,2-5,14H2,1H3. The van der Waals surface area contributed by atoms with Crippen molar-refractivity contribution in [2.75, 3.05) is 5.32 Å². The van der Waals surface area contributed by atoms with Crippen molar-refractivity contribution in [3.05, 3.63) is 29.8 Å². The van der Waals surface area contributed by atoms with Crippen LogP contribution in [0.4, 0.5) is 5.69 Å². The molecule has 2 nitrogen and oxygen atoms in total. The Kier molecular flexibility index (Phi) is 3.27. The Morgan fingerprint density at radius 3 is 2.47 bits per heavy atom. The van der Waals surface area contributed by atoms with Gasteiger partial charge in [-0.2, -0.15) is 0 Å². The molecule has 1 fully saturated rings. The van der Waals surface area contributed by atoms with Crippen LogP contribution in [0.3, 0.4) is 0 Å². The van der Waals surface area contributed by atoms with Crippen molar-refractivity contribution in [1.29, 1.82) is 0 Å². The first-order chi connectivity index (χ1) is 7.25. The molecule has 2 rings (SSSR count). The van der Waals surface area contributed by atoms with Gasteiger partial charge in [-0.1, -0.05) is 30.5 Å². The Bertz CT molecular complexity index is 305. The second kappa shape index (κ2) is 4.67. The molecule has 1 aliphatic rings. The van der Waals surface area contributed by atoms with Crippen molar-refractivity contribution in [3.8, 4) is 0 Å². The zero-order valence-corrected chi connectivity index (χ0v) is 9.37. The van der Waals surface area contributed by atoms with Crippen molar-refractivity contribution in [2.45, 2.75) is 44.7 Å². The molecule has 1 aromatic rings. The second-order valence-electron chi connectivity index (χ2n) is 4.57. The highest BCUT2D eigenvalue weighted by atomic mass is 15.0. The number of nitrogens with one attached hydrogen (secondary N) is 1. The van der Waals surface area contributed by atoms with E-state index in [9.17, 15) is 0 Å². The molecule has 82 valence electrons. The minimum Gasteiger partial charge on any atom is -0.381 e. The van der Waals surface area contributed by atoms with E-state index in [4.69, 9.17) is 5.73 Å². The Hall–Kier alpha value is -1.02. The average molecular weight is 204 g/mol. The van der Waals surface area contributed by atoms with Gasteiger partial charge in [0.15, 0.2) is 0 Å². The maximum atomic E-state index is 6.09. The zero-order chi connectivity index (χ0) is 10.7. The van der Waals surface area contributed by atoms with Gasteiger partial charge in [0.2, 0.25) is 0 Å². The van der Waals surface area contributed by atoms with Crippen molar-refractivity contribution in [1.82, 2.24) is 0 Å². The summed E-state index contributed by atoms with van der Waals surface area (Å²) in [6.07, 6.45) is 4.95. The highest BCUT2D eigenvalue weighted by Crippen LogP contribution is 2.21. The van der Waals surface area contributed by atoms with Gasteiger partial charge in [-0.25, -0.2) is 0 Å². The van der Waals surface area contributed by atoms with Crippen molar-refractivity contribution in [3.63, 3.8) is 0 Å². The summed E-state index contributed by atoms with van der Waals surface area (Å²) >= 11 is 0. The topological polar surface area (TPSA) is 38.0 Å². The maximum Gasteiger partial charge on any atom is 0.0412 e.